The van der Waals surface area contributed by atoms with Crippen LogP contribution in [-0.4, -0.2) is 25.2 Å². The Labute approximate surface area is 165 Å². The van der Waals surface area contributed by atoms with Crippen molar-refractivity contribution in [3.63, 3.8) is 0 Å². The highest BCUT2D eigenvalue weighted by molar-refractivity contribution is 7.09. The monoisotopic (exact) mass is 403 g/mol. The fourth-order valence-electron chi connectivity index (χ4n) is 2.34. The molecular weight excluding hydrogens is 385 g/mol. The minimum atomic E-state index is -0.449. The molecule has 28 heavy (non-hydrogen) atoms. The maximum absolute atomic E-state index is 12.9. The summed E-state index contributed by atoms with van der Waals surface area (Å²) in [6, 6.07) is 10.6. The van der Waals surface area contributed by atoms with E-state index in [1.165, 1.54) is 37.7 Å². The van der Waals surface area contributed by atoms with Gasteiger partial charge in [-0.15, -0.1) is 11.3 Å². The summed E-state index contributed by atoms with van der Waals surface area (Å²) in [7, 11) is 2.82. The van der Waals surface area contributed by atoms with Crippen LogP contribution in [0.1, 0.15) is 21.1 Å². The van der Waals surface area contributed by atoms with Gasteiger partial charge in [0.2, 0.25) is 0 Å². The minimum absolute atomic E-state index is 0.237. The lowest BCUT2D eigenvalue weighted by Crippen LogP contribution is -2.03. The van der Waals surface area contributed by atoms with Gasteiger partial charge in [-0.25, -0.2) is 14.2 Å². The standard InChI is InChI=1S/C20H18FNO5S/c1-24-18-9-13(20(23)25-2)3-8-17(18)27-10-15-12-28-19(22-15)11-26-16-6-4-14(21)5-7-16/h3-9,12H,10-11H2,1-2H3. The summed E-state index contributed by atoms with van der Waals surface area (Å²) in [5.41, 5.74) is 1.11. The second kappa shape index (κ2) is 9.18. The maximum Gasteiger partial charge on any atom is 0.337 e. The molecule has 8 heteroatoms. The third-order valence-corrected chi connectivity index (χ3v) is 4.61. The fourth-order valence-corrected chi connectivity index (χ4v) is 3.03. The predicted octanol–water partition coefficient (Wildman–Crippen LogP) is 4.24. The van der Waals surface area contributed by atoms with E-state index in [9.17, 15) is 9.18 Å². The average Bonchev–Trinajstić information content (AvgIpc) is 3.19. The molecule has 0 saturated heterocycles. The molecule has 3 rings (SSSR count). The lowest BCUT2D eigenvalue weighted by Gasteiger charge is -2.10. The normalized spacial score (nSPS) is 10.4. The summed E-state index contributed by atoms with van der Waals surface area (Å²) in [4.78, 5) is 16.1. The molecule has 0 unspecified atom stereocenters. The Morgan fingerprint density at radius 1 is 1.04 bits per heavy atom. The van der Waals surface area contributed by atoms with Crippen LogP contribution in [0.2, 0.25) is 0 Å². The van der Waals surface area contributed by atoms with Crippen LogP contribution in [0.15, 0.2) is 47.8 Å². The van der Waals surface area contributed by atoms with E-state index in [1.54, 1.807) is 30.3 Å². The highest BCUT2D eigenvalue weighted by Gasteiger charge is 2.12. The van der Waals surface area contributed by atoms with Gasteiger partial charge in [0, 0.05) is 5.38 Å². The van der Waals surface area contributed by atoms with Gasteiger partial charge in [0.25, 0.3) is 0 Å². The highest BCUT2D eigenvalue weighted by Crippen LogP contribution is 2.29. The first-order chi connectivity index (χ1) is 13.6. The summed E-state index contributed by atoms with van der Waals surface area (Å²) < 4.78 is 34.2. The summed E-state index contributed by atoms with van der Waals surface area (Å²) in [5.74, 6) is 0.737. The van der Waals surface area contributed by atoms with Crippen LogP contribution in [0.3, 0.4) is 0 Å². The average molecular weight is 403 g/mol. The van der Waals surface area contributed by atoms with E-state index in [0.29, 0.717) is 22.8 Å². The molecule has 0 amide bonds. The number of carbonyl (C=O) groups is 1. The number of halogens is 1. The highest BCUT2D eigenvalue weighted by atomic mass is 32.1. The number of rotatable bonds is 8. The fraction of sp³-hybridized carbons (Fsp3) is 0.200. The second-order valence-electron chi connectivity index (χ2n) is 5.62. The van der Waals surface area contributed by atoms with E-state index in [0.717, 1.165) is 10.7 Å². The predicted molar refractivity (Wildman–Crippen MR) is 102 cm³/mol. The van der Waals surface area contributed by atoms with Crippen molar-refractivity contribution in [2.24, 2.45) is 0 Å². The van der Waals surface area contributed by atoms with Gasteiger partial charge in [0.05, 0.1) is 25.5 Å². The minimum Gasteiger partial charge on any atom is -0.493 e. The van der Waals surface area contributed by atoms with Crippen molar-refractivity contribution in [1.82, 2.24) is 4.98 Å². The van der Waals surface area contributed by atoms with E-state index in [-0.39, 0.29) is 19.0 Å². The number of thiazole rings is 1. The zero-order valence-corrected chi connectivity index (χ0v) is 16.1. The molecule has 2 aromatic carbocycles. The molecule has 0 atom stereocenters. The van der Waals surface area contributed by atoms with Crippen LogP contribution in [0.5, 0.6) is 17.2 Å². The molecular formula is C20H18FNO5S. The Hall–Kier alpha value is -3.13. The summed E-state index contributed by atoms with van der Waals surface area (Å²) in [5, 5.41) is 2.65. The van der Waals surface area contributed by atoms with Gasteiger partial charge in [-0.2, -0.15) is 0 Å². The van der Waals surface area contributed by atoms with Gasteiger partial charge in [0.15, 0.2) is 11.5 Å². The Kier molecular flexibility index (Phi) is 6.44. The number of hydrogen-bond donors (Lipinski definition) is 0. The van der Waals surface area contributed by atoms with Gasteiger partial charge < -0.3 is 18.9 Å². The Morgan fingerprint density at radius 3 is 2.54 bits per heavy atom. The molecule has 0 aliphatic carbocycles. The molecule has 1 aromatic heterocycles. The number of benzene rings is 2. The first-order valence-electron chi connectivity index (χ1n) is 8.30. The van der Waals surface area contributed by atoms with Crippen LogP contribution in [-0.2, 0) is 18.0 Å². The molecule has 6 nitrogen and oxygen atoms in total. The topological polar surface area (TPSA) is 66.9 Å². The van der Waals surface area contributed by atoms with E-state index in [2.05, 4.69) is 4.98 Å². The zero-order chi connectivity index (χ0) is 19.9. The van der Waals surface area contributed by atoms with Crippen molar-refractivity contribution in [3.8, 4) is 17.2 Å². The molecule has 0 aliphatic rings. The Bertz CT molecular complexity index is 942. The van der Waals surface area contributed by atoms with Crippen LogP contribution >= 0.6 is 11.3 Å². The Morgan fingerprint density at radius 2 is 1.82 bits per heavy atom. The molecule has 146 valence electrons. The quantitative estimate of drug-likeness (QED) is 0.524. The number of nitrogens with zero attached hydrogens (tertiary/aromatic N) is 1. The van der Waals surface area contributed by atoms with Gasteiger partial charge in [-0.3, -0.25) is 0 Å². The van der Waals surface area contributed by atoms with E-state index >= 15 is 0 Å². The zero-order valence-electron chi connectivity index (χ0n) is 15.3. The molecule has 0 saturated carbocycles. The van der Waals surface area contributed by atoms with E-state index in [1.807, 2.05) is 5.38 Å². The third kappa shape index (κ3) is 4.98. The molecule has 0 aliphatic heterocycles. The largest absolute Gasteiger partial charge is 0.493 e. The molecule has 3 aromatic rings. The summed E-state index contributed by atoms with van der Waals surface area (Å²) >= 11 is 1.44. The van der Waals surface area contributed by atoms with Crippen LogP contribution in [0.4, 0.5) is 4.39 Å². The van der Waals surface area contributed by atoms with Crippen molar-refractivity contribution in [2.75, 3.05) is 14.2 Å². The van der Waals surface area contributed by atoms with Crippen molar-refractivity contribution < 1.29 is 28.1 Å². The lowest BCUT2D eigenvalue weighted by molar-refractivity contribution is 0.0600. The van der Waals surface area contributed by atoms with Crippen LogP contribution < -0.4 is 14.2 Å². The first kappa shape index (κ1) is 19.6. The van der Waals surface area contributed by atoms with Gasteiger partial charge >= 0.3 is 5.97 Å². The molecule has 0 N–H and O–H groups in total. The SMILES string of the molecule is COC(=O)c1ccc(OCc2csc(COc3ccc(F)cc3)n2)c(OC)c1. The van der Waals surface area contributed by atoms with E-state index in [4.69, 9.17) is 18.9 Å². The number of methoxy groups -OCH3 is 2. The second-order valence-corrected chi connectivity index (χ2v) is 6.56. The molecule has 0 spiro atoms. The number of hydrogen-bond acceptors (Lipinski definition) is 7. The number of ether oxygens (including phenoxy) is 4. The lowest BCUT2D eigenvalue weighted by atomic mass is 10.2. The van der Waals surface area contributed by atoms with Gasteiger partial charge in [-0.1, -0.05) is 0 Å². The first-order valence-corrected chi connectivity index (χ1v) is 9.18. The van der Waals surface area contributed by atoms with Crippen LogP contribution in [0.25, 0.3) is 0 Å². The summed E-state index contributed by atoms with van der Waals surface area (Å²) in [6.45, 7) is 0.522. The van der Waals surface area contributed by atoms with Crippen LogP contribution in [0, 0.1) is 5.82 Å². The van der Waals surface area contributed by atoms with E-state index < -0.39 is 5.97 Å². The molecule has 0 fully saturated rings. The number of carbonyl (C=O) groups excluding carboxylic acids is 1. The molecule has 1 heterocycles. The number of aromatic nitrogens is 1. The van der Waals surface area contributed by atoms with Crippen molar-refractivity contribution in [1.29, 1.82) is 0 Å². The van der Waals surface area contributed by atoms with Gasteiger partial charge in [-0.05, 0) is 42.5 Å². The third-order valence-electron chi connectivity index (χ3n) is 3.74. The van der Waals surface area contributed by atoms with Crippen molar-refractivity contribution in [2.45, 2.75) is 13.2 Å². The maximum atomic E-state index is 12.9. The summed E-state index contributed by atoms with van der Waals surface area (Å²) in [6.07, 6.45) is 0. The van der Waals surface area contributed by atoms with Crippen molar-refractivity contribution in [3.05, 3.63) is 69.9 Å². The molecule has 0 bridgehead atoms. The smallest absolute Gasteiger partial charge is 0.337 e. The molecule has 0 radical (unpaired) electrons. The van der Waals surface area contributed by atoms with Gasteiger partial charge in [0.1, 0.15) is 29.8 Å². The number of esters is 1. The van der Waals surface area contributed by atoms with Crippen molar-refractivity contribution >= 4 is 17.3 Å². The Balaban J connectivity index is 1.58.